The van der Waals surface area contributed by atoms with Crippen LogP contribution in [0.3, 0.4) is 0 Å². The number of hydrogen-bond acceptors (Lipinski definition) is 3. The molecule has 0 radical (unpaired) electrons. The number of rotatable bonds is 5. The normalized spacial score (nSPS) is 58.5. The molecule has 0 aromatic carbocycles. The maximum Gasteiger partial charge on any atom is 0.0875 e. The molecule has 3 nitrogen and oxygen atoms in total. The van der Waals surface area contributed by atoms with Crippen LogP contribution in [0.5, 0.6) is 0 Å². The van der Waals surface area contributed by atoms with Crippen LogP contribution in [0.2, 0.25) is 0 Å². The largest absolute Gasteiger partial charge is 0.380 e. The Bertz CT molecular complexity index is 482. The van der Waals surface area contributed by atoms with Crippen LogP contribution in [0.15, 0.2) is 0 Å². The zero-order chi connectivity index (χ0) is 14.5. The molecule has 0 amide bonds. The third-order valence-corrected chi connectivity index (χ3v) is 8.51. The minimum Gasteiger partial charge on any atom is -0.380 e. The van der Waals surface area contributed by atoms with Crippen molar-refractivity contribution in [2.24, 2.45) is 46.8 Å². The highest BCUT2D eigenvalue weighted by Gasteiger charge is 2.73. The predicted molar refractivity (Wildman–Crippen MR) is 81.3 cm³/mol. The van der Waals surface area contributed by atoms with Crippen molar-refractivity contribution in [3.05, 3.63) is 0 Å². The summed E-state index contributed by atoms with van der Waals surface area (Å²) in [7, 11) is 0. The van der Waals surface area contributed by atoms with Gasteiger partial charge in [-0.2, -0.15) is 0 Å². The number of epoxide rings is 1. The van der Waals surface area contributed by atoms with E-state index in [0.29, 0.717) is 17.6 Å². The van der Waals surface area contributed by atoms with Crippen molar-refractivity contribution in [3.63, 3.8) is 0 Å². The molecule has 6 aliphatic rings. The van der Waals surface area contributed by atoms with Gasteiger partial charge >= 0.3 is 0 Å². The highest BCUT2D eigenvalue weighted by Crippen LogP contribution is 2.72. The van der Waals surface area contributed by atoms with Crippen molar-refractivity contribution >= 4 is 0 Å². The first-order valence-corrected chi connectivity index (χ1v) is 9.61. The topological polar surface area (TPSA) is 31.0 Å². The van der Waals surface area contributed by atoms with Crippen molar-refractivity contribution in [2.45, 2.75) is 44.8 Å². The Labute approximate surface area is 133 Å². The second kappa shape index (κ2) is 4.29. The molecule has 3 heteroatoms. The van der Waals surface area contributed by atoms with E-state index in [1.54, 1.807) is 0 Å². The molecule has 6 rings (SSSR count). The maximum absolute atomic E-state index is 6.22. The van der Waals surface area contributed by atoms with Crippen molar-refractivity contribution in [1.29, 1.82) is 0 Å². The van der Waals surface area contributed by atoms with E-state index in [2.05, 4.69) is 6.92 Å². The van der Waals surface area contributed by atoms with Crippen LogP contribution in [0.25, 0.3) is 0 Å². The second-order valence-electron chi connectivity index (χ2n) is 9.30. The Morgan fingerprint density at radius 2 is 1.82 bits per heavy atom. The molecule has 2 aliphatic heterocycles. The van der Waals surface area contributed by atoms with Gasteiger partial charge in [-0.1, -0.05) is 6.92 Å². The van der Waals surface area contributed by atoms with Gasteiger partial charge < -0.3 is 14.2 Å². The molecule has 0 aromatic heterocycles. The van der Waals surface area contributed by atoms with Crippen molar-refractivity contribution in [1.82, 2.24) is 0 Å². The van der Waals surface area contributed by atoms with Gasteiger partial charge in [-0.15, -0.1) is 0 Å². The lowest BCUT2D eigenvalue weighted by Crippen LogP contribution is -2.46. The molecular formula is C19H28O3. The van der Waals surface area contributed by atoms with E-state index in [1.165, 1.54) is 25.7 Å². The molecule has 2 saturated heterocycles. The second-order valence-corrected chi connectivity index (χ2v) is 9.30. The van der Waals surface area contributed by atoms with Crippen LogP contribution in [0.1, 0.15) is 32.6 Å². The summed E-state index contributed by atoms with van der Waals surface area (Å²) in [5.74, 6) is 6.75. The van der Waals surface area contributed by atoms with Crippen LogP contribution in [-0.4, -0.2) is 38.6 Å². The van der Waals surface area contributed by atoms with Gasteiger partial charge in [-0.25, -0.2) is 0 Å². The lowest BCUT2D eigenvalue weighted by molar-refractivity contribution is -0.154. The van der Waals surface area contributed by atoms with Crippen LogP contribution in [0.4, 0.5) is 0 Å². The van der Waals surface area contributed by atoms with Gasteiger partial charge in [-0.05, 0) is 67.1 Å². The molecule has 6 fully saturated rings. The zero-order valence-electron chi connectivity index (χ0n) is 13.6. The van der Waals surface area contributed by atoms with Gasteiger partial charge in [0, 0.05) is 12.0 Å². The fourth-order valence-electron chi connectivity index (χ4n) is 7.38. The van der Waals surface area contributed by atoms with E-state index < -0.39 is 0 Å². The van der Waals surface area contributed by atoms with Crippen molar-refractivity contribution in [2.75, 3.05) is 26.4 Å². The molecule has 0 N–H and O–H groups in total. The lowest BCUT2D eigenvalue weighted by Gasteiger charge is -2.41. The summed E-state index contributed by atoms with van der Waals surface area (Å²) < 4.78 is 17.6. The Kier molecular flexibility index (Phi) is 2.57. The van der Waals surface area contributed by atoms with Gasteiger partial charge in [0.15, 0.2) is 0 Å². The molecule has 0 aromatic rings. The third kappa shape index (κ3) is 1.54. The average molecular weight is 304 g/mol. The van der Waals surface area contributed by atoms with E-state index >= 15 is 0 Å². The molecule has 2 heterocycles. The molecule has 9 unspecified atom stereocenters. The van der Waals surface area contributed by atoms with Gasteiger partial charge in [0.2, 0.25) is 0 Å². The van der Waals surface area contributed by atoms with Crippen LogP contribution in [0, 0.1) is 46.8 Å². The van der Waals surface area contributed by atoms with E-state index in [1.807, 2.05) is 0 Å². The smallest absolute Gasteiger partial charge is 0.0875 e. The summed E-state index contributed by atoms with van der Waals surface area (Å²) in [6.45, 7) is 6.03. The van der Waals surface area contributed by atoms with E-state index in [-0.39, 0.29) is 0 Å². The molecule has 22 heavy (non-hydrogen) atoms. The Morgan fingerprint density at radius 1 is 1.00 bits per heavy atom. The number of ether oxygens (including phenoxy) is 3. The van der Waals surface area contributed by atoms with E-state index in [9.17, 15) is 0 Å². The maximum atomic E-state index is 6.22. The minimum atomic E-state index is 0.349. The highest BCUT2D eigenvalue weighted by atomic mass is 16.6. The molecule has 122 valence electrons. The summed E-state index contributed by atoms with van der Waals surface area (Å²) in [4.78, 5) is 0. The predicted octanol–water partition coefficient (Wildman–Crippen LogP) is 2.74. The van der Waals surface area contributed by atoms with Crippen molar-refractivity contribution in [3.8, 4) is 0 Å². The minimum absolute atomic E-state index is 0.349. The summed E-state index contributed by atoms with van der Waals surface area (Å²) in [6.07, 6.45) is 7.03. The molecular weight excluding hydrogens is 276 g/mol. The third-order valence-electron chi connectivity index (χ3n) is 8.51. The SMILES string of the molecule is CCC1(COCC2CC3CC2C2C4CC(C5OC45)C32)COC1. The number of hydrogen-bond donors (Lipinski definition) is 0. The van der Waals surface area contributed by atoms with Gasteiger partial charge in [0.25, 0.3) is 0 Å². The summed E-state index contributed by atoms with van der Waals surface area (Å²) in [6, 6.07) is 0. The fourth-order valence-corrected chi connectivity index (χ4v) is 7.38. The van der Waals surface area contributed by atoms with E-state index in [4.69, 9.17) is 14.2 Å². The summed E-state index contributed by atoms with van der Waals surface area (Å²) in [5, 5.41) is 0. The van der Waals surface area contributed by atoms with Gasteiger partial charge in [-0.3, -0.25) is 0 Å². The molecule has 4 aliphatic carbocycles. The average Bonchev–Trinajstić information content (AvgIpc) is 2.85. The molecule has 4 bridgehead atoms. The summed E-state index contributed by atoms with van der Waals surface area (Å²) >= 11 is 0. The van der Waals surface area contributed by atoms with Gasteiger partial charge in [0.05, 0.1) is 32.0 Å². The Hall–Kier alpha value is -0.120. The zero-order valence-corrected chi connectivity index (χ0v) is 13.6. The molecule has 0 spiro atoms. The fraction of sp³-hybridized carbons (Fsp3) is 1.00. The first-order valence-electron chi connectivity index (χ1n) is 9.61. The highest BCUT2D eigenvalue weighted by molar-refractivity contribution is 5.20. The Morgan fingerprint density at radius 3 is 2.55 bits per heavy atom. The first kappa shape index (κ1) is 13.2. The van der Waals surface area contributed by atoms with Crippen LogP contribution < -0.4 is 0 Å². The Balaban J connectivity index is 1.11. The van der Waals surface area contributed by atoms with Gasteiger partial charge in [0.1, 0.15) is 0 Å². The number of fused-ring (bicyclic) bond motifs is 12. The standard InChI is InChI=1S/C19H28O3/c1-2-19(8-21-9-19)7-20-6-11-3-10-4-12(11)16-14-5-13(15(10)16)17-18(14)22-17/h10-18H,2-9H2,1H3. The molecule has 9 atom stereocenters. The summed E-state index contributed by atoms with van der Waals surface area (Å²) in [5.41, 5.74) is 0.349. The molecule has 4 saturated carbocycles. The van der Waals surface area contributed by atoms with Crippen LogP contribution >= 0.6 is 0 Å². The first-order chi connectivity index (χ1) is 10.8. The van der Waals surface area contributed by atoms with Crippen LogP contribution in [-0.2, 0) is 14.2 Å². The quantitative estimate of drug-likeness (QED) is 0.578. The van der Waals surface area contributed by atoms with E-state index in [0.717, 1.165) is 67.9 Å². The monoisotopic (exact) mass is 304 g/mol. The van der Waals surface area contributed by atoms with Crippen molar-refractivity contribution < 1.29 is 14.2 Å². The lowest BCUT2D eigenvalue weighted by atomic mass is 9.67.